The molecule has 1 aromatic rings. The monoisotopic (exact) mass is 211 g/mol. The first-order valence-corrected chi connectivity index (χ1v) is 5.20. The summed E-state index contributed by atoms with van der Waals surface area (Å²) in [4.78, 5) is 0. The van der Waals surface area contributed by atoms with Crippen molar-refractivity contribution < 1.29 is 13.9 Å². The van der Waals surface area contributed by atoms with Crippen LogP contribution in [-0.2, 0) is 15.9 Å². The lowest BCUT2D eigenvalue weighted by atomic mass is 10.0. The zero-order valence-electron chi connectivity index (χ0n) is 9.16. The highest BCUT2D eigenvalue weighted by Crippen LogP contribution is 2.27. The van der Waals surface area contributed by atoms with Gasteiger partial charge in [0.05, 0.1) is 12.3 Å². The van der Waals surface area contributed by atoms with E-state index in [0.29, 0.717) is 0 Å². The van der Waals surface area contributed by atoms with Crippen LogP contribution in [0.15, 0.2) is 16.7 Å². The van der Waals surface area contributed by atoms with Crippen LogP contribution in [0.5, 0.6) is 0 Å². The van der Waals surface area contributed by atoms with Crippen LogP contribution in [0.3, 0.4) is 0 Å². The molecule has 0 spiro atoms. The highest BCUT2D eigenvalue weighted by Gasteiger charge is 2.25. The number of hydrogen-bond donors (Lipinski definition) is 1. The minimum atomic E-state index is -0.182. The summed E-state index contributed by atoms with van der Waals surface area (Å²) in [6, 6.07) is 2.24. The van der Waals surface area contributed by atoms with E-state index in [1.807, 2.05) is 6.07 Å². The molecule has 1 aromatic heterocycles. The Hall–Kier alpha value is -0.840. The van der Waals surface area contributed by atoms with Crippen LogP contribution in [0.25, 0.3) is 0 Å². The predicted molar refractivity (Wildman–Crippen MR) is 55.6 cm³/mol. The maximum Gasteiger partial charge on any atom is 0.158 e. The number of ether oxygens (including phenoxy) is 2. The first-order chi connectivity index (χ1) is 7.35. The number of hydrogen-bond acceptors (Lipinski definition) is 4. The van der Waals surface area contributed by atoms with Gasteiger partial charge in [0, 0.05) is 20.6 Å². The van der Waals surface area contributed by atoms with Gasteiger partial charge in [-0.25, -0.2) is 0 Å². The molecule has 2 rings (SSSR count). The van der Waals surface area contributed by atoms with Gasteiger partial charge in [-0.15, -0.1) is 0 Å². The maximum atomic E-state index is 5.48. The van der Waals surface area contributed by atoms with Crippen molar-refractivity contribution in [2.75, 3.05) is 20.8 Å². The fourth-order valence-corrected chi connectivity index (χ4v) is 2.01. The summed E-state index contributed by atoms with van der Waals surface area (Å²) in [6.45, 7) is 0.983. The van der Waals surface area contributed by atoms with E-state index in [-0.39, 0.29) is 12.3 Å². The molecule has 15 heavy (non-hydrogen) atoms. The van der Waals surface area contributed by atoms with E-state index < -0.39 is 0 Å². The summed E-state index contributed by atoms with van der Waals surface area (Å²) in [5, 5.41) is 3.41. The van der Waals surface area contributed by atoms with Crippen molar-refractivity contribution in [3.63, 3.8) is 0 Å². The van der Waals surface area contributed by atoms with Gasteiger partial charge in [-0.2, -0.15) is 0 Å². The minimum absolute atomic E-state index is 0.182. The van der Waals surface area contributed by atoms with Crippen molar-refractivity contribution in [1.82, 2.24) is 5.32 Å². The number of rotatable bonds is 4. The van der Waals surface area contributed by atoms with E-state index >= 15 is 0 Å². The number of nitrogens with one attached hydrogen (secondary N) is 1. The van der Waals surface area contributed by atoms with Crippen LogP contribution < -0.4 is 5.32 Å². The second kappa shape index (κ2) is 4.79. The second-order valence-electron chi connectivity index (χ2n) is 3.70. The van der Waals surface area contributed by atoms with Crippen molar-refractivity contribution in [2.45, 2.75) is 25.2 Å². The summed E-state index contributed by atoms with van der Waals surface area (Å²) >= 11 is 0. The first kappa shape index (κ1) is 10.7. The van der Waals surface area contributed by atoms with E-state index in [9.17, 15) is 0 Å². The molecule has 2 heterocycles. The molecule has 84 valence electrons. The zero-order chi connectivity index (χ0) is 10.7. The first-order valence-electron chi connectivity index (χ1n) is 5.20. The molecule has 4 heteroatoms. The third kappa shape index (κ3) is 2.22. The predicted octanol–water partition coefficient (Wildman–Crippen LogP) is 1.48. The SMILES string of the molecule is COC(CC1NCCc2ccoc21)OC. The molecule has 0 saturated carbocycles. The number of fused-ring (bicyclic) bond motifs is 1. The van der Waals surface area contributed by atoms with E-state index in [1.54, 1.807) is 20.5 Å². The Morgan fingerprint density at radius 2 is 2.33 bits per heavy atom. The quantitative estimate of drug-likeness (QED) is 0.766. The largest absolute Gasteiger partial charge is 0.467 e. The average Bonchev–Trinajstić information content (AvgIpc) is 2.74. The molecular formula is C11H17NO3. The Balaban J connectivity index is 2.06. The van der Waals surface area contributed by atoms with Gasteiger partial charge >= 0.3 is 0 Å². The summed E-state index contributed by atoms with van der Waals surface area (Å²) < 4.78 is 15.9. The van der Waals surface area contributed by atoms with Crippen LogP contribution in [0.1, 0.15) is 23.8 Å². The molecule has 0 fully saturated rings. The van der Waals surface area contributed by atoms with Crippen molar-refractivity contribution >= 4 is 0 Å². The van der Waals surface area contributed by atoms with Gasteiger partial charge in [0.2, 0.25) is 0 Å². The molecule has 4 nitrogen and oxygen atoms in total. The Morgan fingerprint density at radius 1 is 1.53 bits per heavy atom. The van der Waals surface area contributed by atoms with Crippen LogP contribution >= 0.6 is 0 Å². The molecule has 0 aromatic carbocycles. The Labute approximate surface area is 89.6 Å². The molecule has 1 unspecified atom stereocenters. The zero-order valence-corrected chi connectivity index (χ0v) is 9.16. The van der Waals surface area contributed by atoms with Gasteiger partial charge in [-0.05, 0) is 24.6 Å². The van der Waals surface area contributed by atoms with Crippen LogP contribution in [-0.4, -0.2) is 27.1 Å². The van der Waals surface area contributed by atoms with Gasteiger partial charge in [0.1, 0.15) is 5.76 Å². The van der Waals surface area contributed by atoms with Crippen molar-refractivity contribution in [2.24, 2.45) is 0 Å². The molecule has 1 N–H and O–H groups in total. The van der Waals surface area contributed by atoms with Crippen molar-refractivity contribution in [3.8, 4) is 0 Å². The molecule has 1 aliphatic heterocycles. The lowest BCUT2D eigenvalue weighted by Gasteiger charge is -2.25. The molecule has 0 amide bonds. The molecular weight excluding hydrogens is 194 g/mol. The highest BCUT2D eigenvalue weighted by atomic mass is 16.7. The Kier molecular flexibility index (Phi) is 3.41. The van der Waals surface area contributed by atoms with Crippen LogP contribution in [0, 0.1) is 0 Å². The van der Waals surface area contributed by atoms with E-state index in [4.69, 9.17) is 13.9 Å². The molecule has 0 radical (unpaired) electrons. The molecule has 1 atom stereocenters. The lowest BCUT2D eigenvalue weighted by Crippen LogP contribution is -2.32. The lowest BCUT2D eigenvalue weighted by molar-refractivity contribution is -0.112. The van der Waals surface area contributed by atoms with E-state index in [2.05, 4.69) is 5.32 Å². The van der Waals surface area contributed by atoms with E-state index in [0.717, 1.165) is 25.1 Å². The fraction of sp³-hybridized carbons (Fsp3) is 0.636. The molecule has 1 aliphatic rings. The summed E-state index contributed by atoms with van der Waals surface area (Å²) in [6.07, 6.45) is 3.37. The third-order valence-electron chi connectivity index (χ3n) is 2.84. The third-order valence-corrected chi connectivity index (χ3v) is 2.84. The van der Waals surface area contributed by atoms with Gasteiger partial charge in [-0.1, -0.05) is 0 Å². The molecule has 0 bridgehead atoms. The topological polar surface area (TPSA) is 43.6 Å². The second-order valence-corrected chi connectivity index (χ2v) is 3.70. The van der Waals surface area contributed by atoms with Gasteiger partial charge in [0.25, 0.3) is 0 Å². The highest BCUT2D eigenvalue weighted by molar-refractivity contribution is 5.23. The van der Waals surface area contributed by atoms with Crippen LogP contribution in [0.2, 0.25) is 0 Å². The van der Waals surface area contributed by atoms with E-state index in [1.165, 1.54) is 5.56 Å². The van der Waals surface area contributed by atoms with Gasteiger partial charge < -0.3 is 19.2 Å². The van der Waals surface area contributed by atoms with Crippen LogP contribution in [0.4, 0.5) is 0 Å². The normalized spacial score (nSPS) is 20.6. The van der Waals surface area contributed by atoms with Gasteiger partial charge in [-0.3, -0.25) is 0 Å². The average molecular weight is 211 g/mol. The Bertz CT molecular complexity index is 307. The number of furan rings is 1. The number of methoxy groups -OCH3 is 2. The standard InChI is InChI=1S/C11H17NO3/c1-13-10(14-2)7-9-11-8(3-5-12-9)4-6-15-11/h4,6,9-10,12H,3,5,7H2,1-2H3. The van der Waals surface area contributed by atoms with Gasteiger partial charge in [0.15, 0.2) is 6.29 Å². The minimum Gasteiger partial charge on any atom is -0.467 e. The van der Waals surface area contributed by atoms with Crippen molar-refractivity contribution in [1.29, 1.82) is 0 Å². The van der Waals surface area contributed by atoms with Crippen molar-refractivity contribution in [3.05, 3.63) is 23.7 Å². The molecule has 0 aliphatic carbocycles. The Morgan fingerprint density at radius 3 is 3.07 bits per heavy atom. The molecule has 0 saturated heterocycles. The summed E-state index contributed by atoms with van der Waals surface area (Å²) in [5.41, 5.74) is 1.30. The summed E-state index contributed by atoms with van der Waals surface area (Å²) in [7, 11) is 3.31. The smallest absolute Gasteiger partial charge is 0.158 e. The summed E-state index contributed by atoms with van der Waals surface area (Å²) in [5.74, 6) is 1.03. The fourth-order valence-electron chi connectivity index (χ4n) is 2.01. The maximum absolute atomic E-state index is 5.48.